The van der Waals surface area contributed by atoms with Gasteiger partial charge in [-0.1, -0.05) is 18.2 Å². The minimum absolute atomic E-state index is 0.0905. The Morgan fingerprint density at radius 1 is 1.30 bits per heavy atom. The number of carbonyl (C=O) groups excluding carboxylic acids is 2. The standard InChI is InChI=1S/C17H16FN3O2/c18-14-5-1-2-6-15(14)21-11-13(8-16(21)22)17(23)20-10-12-4-3-7-19-9-12/h1-7,9,13H,8,10-11H2,(H,20,23). The molecule has 1 fully saturated rings. The number of amides is 2. The van der Waals surface area contributed by atoms with Crippen molar-refractivity contribution in [3.63, 3.8) is 0 Å². The van der Waals surface area contributed by atoms with Crippen LogP contribution >= 0.6 is 0 Å². The molecule has 23 heavy (non-hydrogen) atoms. The van der Waals surface area contributed by atoms with Crippen molar-refractivity contribution in [3.05, 3.63) is 60.2 Å². The highest BCUT2D eigenvalue weighted by Crippen LogP contribution is 2.27. The van der Waals surface area contributed by atoms with Crippen LogP contribution in [0.15, 0.2) is 48.8 Å². The molecule has 118 valence electrons. The van der Waals surface area contributed by atoms with Gasteiger partial charge in [-0.2, -0.15) is 0 Å². The SMILES string of the molecule is O=C(NCc1cccnc1)C1CC(=O)N(c2ccccc2F)C1. The first-order valence-electron chi connectivity index (χ1n) is 7.36. The van der Waals surface area contributed by atoms with Crippen LogP contribution in [-0.2, 0) is 16.1 Å². The van der Waals surface area contributed by atoms with Gasteiger partial charge in [0.2, 0.25) is 11.8 Å². The van der Waals surface area contributed by atoms with Gasteiger partial charge in [0.05, 0.1) is 11.6 Å². The Morgan fingerprint density at radius 3 is 2.87 bits per heavy atom. The molecule has 5 nitrogen and oxygen atoms in total. The van der Waals surface area contributed by atoms with Crippen molar-refractivity contribution in [1.29, 1.82) is 0 Å². The van der Waals surface area contributed by atoms with Crippen LogP contribution in [-0.4, -0.2) is 23.3 Å². The zero-order valence-electron chi connectivity index (χ0n) is 12.4. The number of aromatic nitrogens is 1. The Morgan fingerprint density at radius 2 is 2.13 bits per heavy atom. The van der Waals surface area contributed by atoms with Gasteiger partial charge in [-0.05, 0) is 23.8 Å². The normalized spacial score (nSPS) is 17.3. The molecule has 1 saturated heterocycles. The van der Waals surface area contributed by atoms with Crippen LogP contribution in [0.3, 0.4) is 0 Å². The summed E-state index contributed by atoms with van der Waals surface area (Å²) < 4.78 is 13.8. The van der Waals surface area contributed by atoms with Crippen molar-refractivity contribution in [2.75, 3.05) is 11.4 Å². The topological polar surface area (TPSA) is 62.3 Å². The van der Waals surface area contributed by atoms with Crippen LogP contribution < -0.4 is 10.2 Å². The van der Waals surface area contributed by atoms with Crippen molar-refractivity contribution >= 4 is 17.5 Å². The van der Waals surface area contributed by atoms with Crippen molar-refractivity contribution in [3.8, 4) is 0 Å². The highest BCUT2D eigenvalue weighted by atomic mass is 19.1. The van der Waals surface area contributed by atoms with E-state index < -0.39 is 11.7 Å². The number of para-hydroxylation sites is 1. The fraction of sp³-hybridized carbons (Fsp3) is 0.235. The third-order valence-electron chi connectivity index (χ3n) is 3.83. The van der Waals surface area contributed by atoms with Crippen LogP contribution in [0.4, 0.5) is 10.1 Å². The maximum atomic E-state index is 13.8. The van der Waals surface area contributed by atoms with Crippen molar-refractivity contribution in [2.45, 2.75) is 13.0 Å². The Kier molecular flexibility index (Phi) is 4.32. The maximum absolute atomic E-state index is 13.8. The molecule has 2 amide bonds. The smallest absolute Gasteiger partial charge is 0.227 e. The van der Waals surface area contributed by atoms with Crippen LogP contribution in [0.25, 0.3) is 0 Å². The lowest BCUT2D eigenvalue weighted by atomic mass is 10.1. The zero-order chi connectivity index (χ0) is 16.2. The van der Waals surface area contributed by atoms with Gasteiger partial charge in [-0.15, -0.1) is 0 Å². The number of carbonyl (C=O) groups is 2. The average molecular weight is 313 g/mol. The lowest BCUT2D eigenvalue weighted by Crippen LogP contribution is -2.32. The molecule has 0 aliphatic carbocycles. The van der Waals surface area contributed by atoms with E-state index in [1.807, 2.05) is 6.07 Å². The fourth-order valence-electron chi connectivity index (χ4n) is 2.62. The van der Waals surface area contributed by atoms with E-state index in [0.717, 1.165) is 5.56 Å². The summed E-state index contributed by atoms with van der Waals surface area (Å²) in [7, 11) is 0. The summed E-state index contributed by atoms with van der Waals surface area (Å²) in [5.74, 6) is -1.38. The van der Waals surface area contributed by atoms with E-state index in [-0.39, 0.29) is 30.5 Å². The second kappa shape index (κ2) is 6.56. The van der Waals surface area contributed by atoms with Crippen molar-refractivity contribution < 1.29 is 14.0 Å². The quantitative estimate of drug-likeness (QED) is 0.937. The van der Waals surface area contributed by atoms with Gasteiger partial charge in [-0.25, -0.2) is 4.39 Å². The highest BCUT2D eigenvalue weighted by Gasteiger charge is 2.35. The Hall–Kier alpha value is -2.76. The van der Waals surface area contributed by atoms with Gasteiger partial charge in [-0.3, -0.25) is 14.6 Å². The molecule has 0 radical (unpaired) electrons. The van der Waals surface area contributed by atoms with E-state index in [4.69, 9.17) is 0 Å². The molecule has 1 atom stereocenters. The van der Waals surface area contributed by atoms with Gasteiger partial charge < -0.3 is 10.2 Å². The molecule has 0 spiro atoms. The van der Waals surface area contributed by atoms with Gasteiger partial charge in [0.15, 0.2) is 0 Å². The number of pyridine rings is 1. The summed E-state index contributed by atoms with van der Waals surface area (Å²) in [6.45, 7) is 0.551. The summed E-state index contributed by atoms with van der Waals surface area (Å²) in [5.41, 5.74) is 1.11. The van der Waals surface area contributed by atoms with Gasteiger partial charge >= 0.3 is 0 Å². The first kappa shape index (κ1) is 15.1. The molecule has 0 saturated carbocycles. The number of benzene rings is 1. The minimum atomic E-state index is -0.473. The molecule has 6 heteroatoms. The number of halogens is 1. The fourth-order valence-corrected chi connectivity index (χ4v) is 2.62. The van der Waals surface area contributed by atoms with Crippen LogP contribution in [0.2, 0.25) is 0 Å². The van der Waals surface area contributed by atoms with Gasteiger partial charge in [0.1, 0.15) is 5.82 Å². The predicted molar refractivity (Wildman–Crippen MR) is 82.9 cm³/mol. The monoisotopic (exact) mass is 313 g/mol. The zero-order valence-corrected chi connectivity index (χ0v) is 12.4. The molecule has 0 bridgehead atoms. The number of hydrogen-bond acceptors (Lipinski definition) is 3. The molecule has 2 heterocycles. The summed E-state index contributed by atoms with van der Waals surface area (Å²) in [6.07, 6.45) is 3.42. The van der Waals surface area contributed by atoms with Gasteiger partial charge in [0.25, 0.3) is 0 Å². The predicted octanol–water partition coefficient (Wildman–Crippen LogP) is 1.89. The Labute approximate surface area is 133 Å². The van der Waals surface area contributed by atoms with Crippen molar-refractivity contribution in [1.82, 2.24) is 10.3 Å². The molecular weight excluding hydrogens is 297 g/mol. The van der Waals surface area contributed by atoms with Gasteiger partial charge in [0, 0.05) is 31.9 Å². The van der Waals surface area contributed by atoms with E-state index in [0.29, 0.717) is 6.54 Å². The number of rotatable bonds is 4. The molecule has 2 aromatic rings. The number of hydrogen-bond donors (Lipinski definition) is 1. The second-order valence-electron chi connectivity index (χ2n) is 5.44. The van der Waals surface area contributed by atoms with Crippen LogP contribution in [0.5, 0.6) is 0 Å². The lowest BCUT2D eigenvalue weighted by molar-refractivity contribution is -0.126. The van der Waals surface area contributed by atoms with Crippen LogP contribution in [0.1, 0.15) is 12.0 Å². The number of nitrogens with one attached hydrogen (secondary N) is 1. The lowest BCUT2D eigenvalue weighted by Gasteiger charge is -2.17. The summed E-state index contributed by atoms with van der Waals surface area (Å²) >= 11 is 0. The Bertz CT molecular complexity index is 721. The van der Waals surface area contributed by atoms with E-state index in [2.05, 4.69) is 10.3 Å². The third-order valence-corrected chi connectivity index (χ3v) is 3.83. The maximum Gasteiger partial charge on any atom is 0.227 e. The van der Waals surface area contributed by atoms with Crippen molar-refractivity contribution in [2.24, 2.45) is 5.92 Å². The average Bonchev–Trinajstić information content (AvgIpc) is 2.96. The number of anilines is 1. The third kappa shape index (κ3) is 3.36. The van der Waals surface area contributed by atoms with E-state index in [1.165, 1.54) is 11.0 Å². The number of nitrogens with zero attached hydrogens (tertiary/aromatic N) is 2. The van der Waals surface area contributed by atoms with Crippen LogP contribution in [0, 0.1) is 11.7 Å². The van der Waals surface area contributed by atoms with E-state index in [1.54, 1.807) is 36.7 Å². The molecule has 1 aromatic carbocycles. The first-order valence-corrected chi connectivity index (χ1v) is 7.36. The summed E-state index contributed by atoms with van der Waals surface area (Å²) in [6, 6.07) is 9.74. The molecule has 3 rings (SSSR count). The molecule has 1 unspecified atom stereocenters. The summed E-state index contributed by atoms with van der Waals surface area (Å²) in [4.78, 5) is 29.6. The highest BCUT2D eigenvalue weighted by molar-refractivity contribution is 6.00. The van der Waals surface area contributed by atoms with E-state index >= 15 is 0 Å². The molecular formula is C17H16FN3O2. The molecule has 1 aliphatic rings. The molecule has 1 aromatic heterocycles. The van der Waals surface area contributed by atoms with E-state index in [9.17, 15) is 14.0 Å². The first-order chi connectivity index (χ1) is 11.1. The second-order valence-corrected chi connectivity index (χ2v) is 5.44. The minimum Gasteiger partial charge on any atom is -0.352 e. The summed E-state index contributed by atoms with van der Waals surface area (Å²) in [5, 5.41) is 2.80. The molecule has 1 N–H and O–H groups in total. The Balaban J connectivity index is 1.63. The molecule has 1 aliphatic heterocycles. The largest absolute Gasteiger partial charge is 0.352 e.